The van der Waals surface area contributed by atoms with Gasteiger partial charge in [-0.15, -0.1) is 0 Å². The number of amides is 1. The van der Waals surface area contributed by atoms with E-state index in [9.17, 15) is 23.6 Å². The monoisotopic (exact) mass is 454 g/mol. The largest absolute Gasteiger partial charge is 0.376 e. The molecule has 1 aliphatic heterocycles. The van der Waals surface area contributed by atoms with Gasteiger partial charge in [0.25, 0.3) is 5.91 Å². The molecule has 0 unspecified atom stereocenters. The van der Waals surface area contributed by atoms with Gasteiger partial charge in [-0.05, 0) is 38.0 Å². The number of hydrogen-bond donors (Lipinski definition) is 0. The van der Waals surface area contributed by atoms with Crippen LogP contribution in [-0.4, -0.2) is 61.0 Å². The number of ketones is 1. The van der Waals surface area contributed by atoms with E-state index in [-0.39, 0.29) is 29.7 Å². The van der Waals surface area contributed by atoms with E-state index in [2.05, 4.69) is 6.07 Å². The zero-order valence-corrected chi connectivity index (χ0v) is 18.5. The molecule has 33 heavy (non-hydrogen) atoms. The molecule has 0 N–H and O–H groups in total. The zero-order chi connectivity index (χ0) is 23.7. The van der Waals surface area contributed by atoms with Gasteiger partial charge in [0, 0.05) is 55.9 Å². The number of nitrogens with zero attached hydrogens (tertiary/aromatic N) is 4. The van der Waals surface area contributed by atoms with Crippen LogP contribution in [0, 0.1) is 23.0 Å². The highest BCUT2D eigenvalue weighted by atomic mass is 19.1. The highest BCUT2D eigenvalue weighted by Crippen LogP contribution is 2.45. The third-order valence-electron chi connectivity index (χ3n) is 6.04. The number of rotatable bonds is 6. The van der Waals surface area contributed by atoms with E-state index in [0.29, 0.717) is 36.7 Å². The SMILES string of the molecule is COCC(=O)C(=O)N1CCN(c2nc(C3CC3)c(-c3ccc(F)cc3F)cc2C#N)C[C@H]1C. The van der Waals surface area contributed by atoms with Gasteiger partial charge >= 0.3 is 0 Å². The molecule has 2 heterocycles. The molecule has 2 fully saturated rings. The number of benzene rings is 1. The van der Waals surface area contributed by atoms with Crippen LogP contribution in [0.1, 0.15) is 36.9 Å². The van der Waals surface area contributed by atoms with E-state index < -0.39 is 23.3 Å². The van der Waals surface area contributed by atoms with E-state index >= 15 is 0 Å². The van der Waals surface area contributed by atoms with Crippen LogP contribution < -0.4 is 4.90 Å². The summed E-state index contributed by atoms with van der Waals surface area (Å²) in [6.45, 7) is 2.65. The summed E-state index contributed by atoms with van der Waals surface area (Å²) in [4.78, 5) is 32.6. The zero-order valence-electron chi connectivity index (χ0n) is 18.5. The lowest BCUT2D eigenvalue weighted by Gasteiger charge is -2.40. The molecule has 7 nitrogen and oxygen atoms in total. The van der Waals surface area contributed by atoms with E-state index in [1.54, 1.807) is 6.07 Å². The molecule has 1 amide bonds. The van der Waals surface area contributed by atoms with Crippen LogP contribution in [0.25, 0.3) is 11.1 Å². The predicted octanol–water partition coefficient (Wildman–Crippen LogP) is 3.03. The molecule has 1 saturated carbocycles. The van der Waals surface area contributed by atoms with Crippen molar-refractivity contribution in [2.24, 2.45) is 0 Å². The number of aromatic nitrogens is 1. The van der Waals surface area contributed by atoms with E-state index in [0.717, 1.165) is 18.9 Å². The van der Waals surface area contributed by atoms with E-state index in [1.165, 1.54) is 24.1 Å². The van der Waals surface area contributed by atoms with Gasteiger partial charge in [-0.25, -0.2) is 13.8 Å². The average Bonchev–Trinajstić information content (AvgIpc) is 3.63. The number of pyridine rings is 1. The highest BCUT2D eigenvalue weighted by Gasteiger charge is 2.34. The van der Waals surface area contributed by atoms with E-state index in [1.807, 2.05) is 11.8 Å². The number of piperazine rings is 1. The molecule has 1 saturated heterocycles. The van der Waals surface area contributed by atoms with Crippen LogP contribution in [-0.2, 0) is 14.3 Å². The summed E-state index contributed by atoms with van der Waals surface area (Å²) in [6, 6.07) is 6.89. The topological polar surface area (TPSA) is 86.5 Å². The molecule has 0 spiro atoms. The van der Waals surface area contributed by atoms with Crippen LogP contribution >= 0.6 is 0 Å². The molecular weight excluding hydrogens is 430 g/mol. The third kappa shape index (κ3) is 4.57. The Balaban J connectivity index is 1.65. The standard InChI is InChI=1S/C24H24F2N4O3/c1-14-12-29(7-8-30(14)24(32)21(31)13-33-2)23-16(11-27)9-19(22(28-23)15-3-4-15)18-6-5-17(25)10-20(18)26/h5-6,9-10,14-15H,3-4,7-8,12-13H2,1-2H3/t14-/m1/s1. The fraction of sp³-hybridized carbons (Fsp3) is 0.417. The van der Waals surface area contributed by atoms with Crippen LogP contribution in [0.4, 0.5) is 14.6 Å². The maximum Gasteiger partial charge on any atom is 0.292 e. The number of anilines is 1. The minimum absolute atomic E-state index is 0.155. The van der Waals surface area contributed by atoms with E-state index in [4.69, 9.17) is 9.72 Å². The molecule has 1 aliphatic carbocycles. The Morgan fingerprint density at radius 3 is 2.58 bits per heavy atom. The molecule has 1 atom stereocenters. The number of carbonyl (C=O) groups is 2. The van der Waals surface area contributed by atoms with Gasteiger partial charge < -0.3 is 14.5 Å². The summed E-state index contributed by atoms with van der Waals surface area (Å²) in [5.41, 5.74) is 1.69. The van der Waals surface area contributed by atoms with Gasteiger partial charge in [-0.2, -0.15) is 5.26 Å². The first kappa shape index (κ1) is 22.8. The summed E-state index contributed by atoms with van der Waals surface area (Å²) in [7, 11) is 1.36. The maximum absolute atomic E-state index is 14.5. The number of ether oxygens (including phenoxy) is 1. The lowest BCUT2D eigenvalue weighted by Crippen LogP contribution is -2.56. The lowest BCUT2D eigenvalue weighted by atomic mass is 9.98. The smallest absolute Gasteiger partial charge is 0.292 e. The van der Waals surface area contributed by atoms with Crippen molar-refractivity contribution in [2.45, 2.75) is 31.7 Å². The summed E-state index contributed by atoms with van der Waals surface area (Å²) in [6.07, 6.45) is 1.82. The Morgan fingerprint density at radius 2 is 1.97 bits per heavy atom. The second-order valence-electron chi connectivity index (χ2n) is 8.45. The summed E-state index contributed by atoms with van der Waals surface area (Å²) in [5.74, 6) is -1.92. The fourth-order valence-electron chi connectivity index (χ4n) is 4.24. The maximum atomic E-state index is 14.5. The number of halogens is 2. The minimum Gasteiger partial charge on any atom is -0.376 e. The van der Waals surface area contributed by atoms with Gasteiger partial charge in [-0.1, -0.05) is 0 Å². The summed E-state index contributed by atoms with van der Waals surface area (Å²) >= 11 is 0. The Bertz CT molecular complexity index is 1140. The first-order valence-electron chi connectivity index (χ1n) is 10.8. The van der Waals surface area contributed by atoms with Crippen LogP contribution in [0.15, 0.2) is 24.3 Å². The van der Waals surface area contributed by atoms with Crippen molar-refractivity contribution in [1.29, 1.82) is 5.26 Å². The second-order valence-corrected chi connectivity index (χ2v) is 8.45. The predicted molar refractivity (Wildman–Crippen MR) is 117 cm³/mol. The molecule has 0 radical (unpaired) electrons. The first-order chi connectivity index (χ1) is 15.8. The van der Waals surface area contributed by atoms with Gasteiger partial charge in [0.1, 0.15) is 30.1 Å². The Morgan fingerprint density at radius 1 is 1.21 bits per heavy atom. The number of Topliss-reactive ketones (excluding diaryl/α,β-unsaturated/α-hetero) is 1. The first-order valence-corrected chi connectivity index (χ1v) is 10.8. The van der Waals surface area contributed by atoms with Crippen LogP contribution in [0.3, 0.4) is 0 Å². The third-order valence-corrected chi connectivity index (χ3v) is 6.04. The molecule has 9 heteroatoms. The van der Waals surface area contributed by atoms with Crippen molar-refractivity contribution in [3.05, 3.63) is 47.2 Å². The highest BCUT2D eigenvalue weighted by molar-refractivity contribution is 6.36. The summed E-state index contributed by atoms with van der Waals surface area (Å²) in [5, 5.41) is 9.82. The normalized spacial score (nSPS) is 18.2. The molecule has 1 aromatic heterocycles. The van der Waals surface area contributed by atoms with Crippen molar-refractivity contribution in [1.82, 2.24) is 9.88 Å². The van der Waals surface area contributed by atoms with Crippen LogP contribution in [0.2, 0.25) is 0 Å². The Hall–Kier alpha value is -3.38. The molecule has 0 bridgehead atoms. The molecular formula is C24H24F2N4O3. The second kappa shape index (κ2) is 9.24. The number of methoxy groups -OCH3 is 1. The van der Waals surface area contributed by atoms with Crippen molar-refractivity contribution in [3.8, 4) is 17.2 Å². The van der Waals surface area contributed by atoms with Crippen molar-refractivity contribution >= 4 is 17.5 Å². The number of carbonyl (C=O) groups excluding carboxylic acids is 2. The van der Waals surface area contributed by atoms with Gasteiger partial charge in [-0.3, -0.25) is 9.59 Å². The summed E-state index contributed by atoms with van der Waals surface area (Å²) < 4.78 is 32.8. The molecule has 2 aromatic rings. The Kier molecular flexibility index (Phi) is 6.38. The Labute approximate surface area is 190 Å². The fourth-order valence-corrected chi connectivity index (χ4v) is 4.24. The minimum atomic E-state index is -0.697. The van der Waals surface area contributed by atoms with Gasteiger partial charge in [0.2, 0.25) is 5.78 Å². The molecule has 2 aliphatic rings. The van der Waals surface area contributed by atoms with Crippen molar-refractivity contribution < 1.29 is 23.1 Å². The quantitative estimate of drug-likeness (QED) is 0.624. The number of nitriles is 1. The van der Waals surface area contributed by atoms with Crippen molar-refractivity contribution in [2.75, 3.05) is 38.3 Å². The molecule has 4 rings (SSSR count). The lowest BCUT2D eigenvalue weighted by molar-refractivity contribution is -0.148. The number of hydrogen-bond acceptors (Lipinski definition) is 6. The van der Waals surface area contributed by atoms with Crippen molar-refractivity contribution in [3.63, 3.8) is 0 Å². The average molecular weight is 454 g/mol. The molecule has 1 aromatic carbocycles. The van der Waals surface area contributed by atoms with Crippen LogP contribution in [0.5, 0.6) is 0 Å². The van der Waals surface area contributed by atoms with Gasteiger partial charge in [0.05, 0.1) is 11.3 Å². The molecule has 172 valence electrons. The van der Waals surface area contributed by atoms with Gasteiger partial charge in [0.15, 0.2) is 0 Å².